The van der Waals surface area contributed by atoms with Crippen molar-refractivity contribution in [2.75, 3.05) is 45.2 Å². The molecule has 0 spiro atoms. The lowest BCUT2D eigenvalue weighted by Gasteiger charge is -2.28. The molecule has 0 aromatic heterocycles. The van der Waals surface area contributed by atoms with Crippen LogP contribution in [0.2, 0.25) is 0 Å². The normalized spacial score (nSPS) is 17.8. The molecular formula is C17H28N4S. The summed E-state index contributed by atoms with van der Waals surface area (Å²) in [4.78, 5) is 9.07. The lowest BCUT2D eigenvalue weighted by Crippen LogP contribution is -2.43. The number of rotatable bonds is 5. The first-order valence-electron chi connectivity index (χ1n) is 7.99. The quantitative estimate of drug-likeness (QED) is 0.667. The van der Waals surface area contributed by atoms with E-state index in [9.17, 15) is 0 Å². The zero-order valence-electron chi connectivity index (χ0n) is 14.0. The summed E-state index contributed by atoms with van der Waals surface area (Å²) < 4.78 is 0. The summed E-state index contributed by atoms with van der Waals surface area (Å²) in [5.41, 5.74) is 8.84. The van der Waals surface area contributed by atoms with Crippen LogP contribution in [0, 0.1) is 0 Å². The number of thioether (sulfide) groups is 1. The molecule has 1 unspecified atom stereocenters. The van der Waals surface area contributed by atoms with Crippen LogP contribution in [0.1, 0.15) is 24.1 Å². The minimum Gasteiger partial charge on any atom is -0.370 e. The number of benzene rings is 1. The minimum absolute atomic E-state index is 0.267. The van der Waals surface area contributed by atoms with Gasteiger partial charge in [0.25, 0.3) is 0 Å². The molecule has 2 rings (SSSR count). The van der Waals surface area contributed by atoms with Crippen molar-refractivity contribution in [1.29, 1.82) is 0 Å². The van der Waals surface area contributed by atoms with Gasteiger partial charge in [-0.2, -0.15) is 11.8 Å². The lowest BCUT2D eigenvalue weighted by molar-refractivity contribution is 0.305. The lowest BCUT2D eigenvalue weighted by atomic mass is 10.0. The van der Waals surface area contributed by atoms with Crippen LogP contribution in [0.5, 0.6) is 0 Å². The first-order valence-corrected chi connectivity index (χ1v) is 9.15. The van der Waals surface area contributed by atoms with E-state index in [-0.39, 0.29) is 6.04 Å². The summed E-state index contributed by atoms with van der Waals surface area (Å²) in [6.45, 7) is 4.91. The molecule has 1 heterocycles. The number of nitrogens with two attached hydrogens (primary N) is 1. The maximum Gasteiger partial charge on any atom is 0.191 e. The molecule has 4 nitrogen and oxygen atoms in total. The summed E-state index contributed by atoms with van der Waals surface area (Å²) in [6.07, 6.45) is 1.07. The van der Waals surface area contributed by atoms with Crippen molar-refractivity contribution in [1.82, 2.24) is 9.80 Å². The summed E-state index contributed by atoms with van der Waals surface area (Å²) in [6, 6.07) is 9.12. The van der Waals surface area contributed by atoms with Gasteiger partial charge in [0.1, 0.15) is 0 Å². The van der Waals surface area contributed by atoms with Gasteiger partial charge in [-0.3, -0.25) is 4.99 Å². The molecule has 5 heteroatoms. The third kappa shape index (κ3) is 4.65. The third-order valence-corrected chi connectivity index (χ3v) is 5.10. The monoisotopic (exact) mass is 320 g/mol. The number of likely N-dealkylation sites (N-methyl/N-ethyl adjacent to an activating group) is 1. The minimum atomic E-state index is 0.267. The number of aliphatic imine (C=N–C) groups is 1. The number of hydrogen-bond acceptors (Lipinski definition) is 3. The second kappa shape index (κ2) is 8.44. The van der Waals surface area contributed by atoms with E-state index in [1.165, 1.54) is 11.1 Å². The van der Waals surface area contributed by atoms with E-state index in [0.717, 1.165) is 31.0 Å². The fourth-order valence-corrected chi connectivity index (χ4v) is 3.52. The van der Waals surface area contributed by atoms with Crippen LogP contribution in [0.15, 0.2) is 29.3 Å². The fourth-order valence-electron chi connectivity index (χ4n) is 2.61. The first kappa shape index (κ1) is 17.2. The highest BCUT2D eigenvalue weighted by Gasteiger charge is 2.16. The number of nitrogens with zero attached hydrogens (tertiary/aromatic N) is 3. The first-order chi connectivity index (χ1) is 10.6. The van der Waals surface area contributed by atoms with Crippen molar-refractivity contribution in [2.45, 2.75) is 19.4 Å². The van der Waals surface area contributed by atoms with E-state index in [1.807, 2.05) is 11.8 Å². The highest BCUT2D eigenvalue weighted by Crippen LogP contribution is 2.19. The van der Waals surface area contributed by atoms with Crippen molar-refractivity contribution in [2.24, 2.45) is 10.7 Å². The Kier molecular flexibility index (Phi) is 6.58. The van der Waals surface area contributed by atoms with Crippen LogP contribution in [-0.4, -0.2) is 61.0 Å². The molecule has 1 saturated heterocycles. The van der Waals surface area contributed by atoms with E-state index >= 15 is 0 Å². The van der Waals surface area contributed by atoms with Crippen LogP contribution in [0.4, 0.5) is 0 Å². The van der Waals surface area contributed by atoms with Crippen molar-refractivity contribution in [3.05, 3.63) is 35.4 Å². The van der Waals surface area contributed by atoms with Crippen LogP contribution in [-0.2, 0) is 6.42 Å². The Morgan fingerprint density at radius 3 is 2.45 bits per heavy atom. The van der Waals surface area contributed by atoms with Gasteiger partial charge < -0.3 is 15.5 Å². The summed E-state index contributed by atoms with van der Waals surface area (Å²) in [5.74, 6) is 2.98. The van der Waals surface area contributed by atoms with E-state index in [1.54, 1.807) is 0 Å². The number of hydrogen-bond donors (Lipinski definition) is 1. The second-order valence-electron chi connectivity index (χ2n) is 5.87. The van der Waals surface area contributed by atoms with Gasteiger partial charge in [-0.1, -0.05) is 31.2 Å². The Bertz CT molecular complexity index is 478. The number of aryl methyl sites for hydroxylation is 1. The highest BCUT2D eigenvalue weighted by molar-refractivity contribution is 7.99. The molecule has 1 aliphatic heterocycles. The predicted molar refractivity (Wildman–Crippen MR) is 97.6 cm³/mol. The maximum absolute atomic E-state index is 6.17. The largest absolute Gasteiger partial charge is 0.370 e. The van der Waals surface area contributed by atoms with Gasteiger partial charge in [0.05, 0.1) is 12.6 Å². The molecule has 1 atom stereocenters. The Hall–Kier alpha value is -1.20. The Balaban J connectivity index is 2.04. The Labute approximate surface area is 138 Å². The molecular weight excluding hydrogens is 292 g/mol. The average molecular weight is 321 g/mol. The standard InChI is InChI=1S/C17H28N4S/c1-4-14-5-7-15(8-6-14)16(20(2)3)13-19-17(18)21-9-11-22-12-10-21/h5-8,16H,4,9-13H2,1-3H3,(H2,18,19). The van der Waals surface area contributed by atoms with Gasteiger partial charge in [0.15, 0.2) is 5.96 Å². The molecule has 0 amide bonds. The Morgan fingerprint density at radius 1 is 1.27 bits per heavy atom. The number of guanidine groups is 1. The van der Waals surface area contributed by atoms with Gasteiger partial charge in [-0.05, 0) is 31.6 Å². The van der Waals surface area contributed by atoms with Gasteiger partial charge in [0.2, 0.25) is 0 Å². The summed E-state index contributed by atoms with van der Waals surface area (Å²) in [5, 5.41) is 0. The summed E-state index contributed by atoms with van der Waals surface area (Å²) >= 11 is 1.99. The summed E-state index contributed by atoms with van der Waals surface area (Å²) in [7, 11) is 4.20. The van der Waals surface area contributed by atoms with Gasteiger partial charge in [0, 0.05) is 24.6 Å². The molecule has 1 fully saturated rings. The maximum atomic E-state index is 6.17. The van der Waals surface area contributed by atoms with E-state index in [2.05, 4.69) is 60.1 Å². The molecule has 122 valence electrons. The van der Waals surface area contributed by atoms with E-state index in [0.29, 0.717) is 12.5 Å². The predicted octanol–water partition coefficient (Wildman–Crippen LogP) is 2.22. The third-order valence-electron chi connectivity index (χ3n) is 4.16. The molecule has 0 bridgehead atoms. The molecule has 0 radical (unpaired) electrons. The van der Waals surface area contributed by atoms with Crippen molar-refractivity contribution in [3.8, 4) is 0 Å². The molecule has 2 N–H and O–H groups in total. The van der Waals surface area contributed by atoms with Crippen LogP contribution >= 0.6 is 11.8 Å². The van der Waals surface area contributed by atoms with Gasteiger partial charge in [-0.25, -0.2) is 0 Å². The van der Waals surface area contributed by atoms with Crippen LogP contribution < -0.4 is 5.73 Å². The van der Waals surface area contributed by atoms with Gasteiger partial charge in [-0.15, -0.1) is 0 Å². The Morgan fingerprint density at radius 2 is 1.91 bits per heavy atom. The average Bonchev–Trinajstić information content (AvgIpc) is 2.56. The van der Waals surface area contributed by atoms with E-state index < -0.39 is 0 Å². The van der Waals surface area contributed by atoms with Crippen LogP contribution in [0.25, 0.3) is 0 Å². The zero-order chi connectivity index (χ0) is 15.9. The highest BCUT2D eigenvalue weighted by atomic mass is 32.2. The SMILES string of the molecule is CCc1ccc(C(CN=C(N)N2CCSCC2)N(C)C)cc1. The zero-order valence-corrected chi connectivity index (χ0v) is 14.8. The van der Waals surface area contributed by atoms with Gasteiger partial charge >= 0.3 is 0 Å². The van der Waals surface area contributed by atoms with Crippen molar-refractivity contribution >= 4 is 17.7 Å². The fraction of sp³-hybridized carbons (Fsp3) is 0.588. The molecule has 1 aliphatic rings. The molecule has 1 aromatic carbocycles. The van der Waals surface area contributed by atoms with Crippen molar-refractivity contribution in [3.63, 3.8) is 0 Å². The molecule has 0 aliphatic carbocycles. The molecule has 22 heavy (non-hydrogen) atoms. The second-order valence-corrected chi connectivity index (χ2v) is 7.10. The molecule has 0 saturated carbocycles. The van der Waals surface area contributed by atoms with Crippen molar-refractivity contribution < 1.29 is 0 Å². The smallest absolute Gasteiger partial charge is 0.191 e. The molecule has 1 aromatic rings. The van der Waals surface area contributed by atoms with Crippen LogP contribution in [0.3, 0.4) is 0 Å². The van der Waals surface area contributed by atoms with E-state index in [4.69, 9.17) is 5.73 Å². The topological polar surface area (TPSA) is 44.9 Å².